The molecule has 1 fully saturated rings. The highest BCUT2D eigenvalue weighted by Gasteiger charge is 2.11. The molecule has 1 aliphatic rings. The number of likely N-dealkylation sites (tertiary alicyclic amines) is 1. The van der Waals surface area contributed by atoms with E-state index in [1.807, 2.05) is 18.2 Å². The lowest BCUT2D eigenvalue weighted by molar-refractivity contribution is -0.117. The largest absolute Gasteiger partial charge is 0.325 e. The summed E-state index contributed by atoms with van der Waals surface area (Å²) in [6.07, 6.45) is 3.93. The summed E-state index contributed by atoms with van der Waals surface area (Å²) < 4.78 is 0. The van der Waals surface area contributed by atoms with Crippen molar-refractivity contribution in [2.45, 2.75) is 38.8 Å². The van der Waals surface area contributed by atoms with Gasteiger partial charge in [-0.2, -0.15) is 0 Å². The molecule has 20 heavy (non-hydrogen) atoms. The molecule has 4 nitrogen and oxygen atoms in total. The van der Waals surface area contributed by atoms with Crippen LogP contribution in [0.3, 0.4) is 0 Å². The summed E-state index contributed by atoms with van der Waals surface area (Å²) in [4.78, 5) is 14.0. The average molecular weight is 298 g/mol. The zero-order valence-corrected chi connectivity index (χ0v) is 12.8. The van der Waals surface area contributed by atoms with Gasteiger partial charge < -0.3 is 11.1 Å². The number of anilines is 1. The second-order valence-electron chi connectivity index (χ2n) is 5.32. The molecule has 1 atom stereocenters. The van der Waals surface area contributed by atoms with Gasteiger partial charge in [0.25, 0.3) is 0 Å². The van der Waals surface area contributed by atoms with E-state index < -0.39 is 6.04 Å². The van der Waals surface area contributed by atoms with Gasteiger partial charge in [0.2, 0.25) is 5.91 Å². The van der Waals surface area contributed by atoms with Gasteiger partial charge in [0.05, 0.1) is 6.04 Å². The summed E-state index contributed by atoms with van der Waals surface area (Å²) in [5, 5.41) is 2.84. The van der Waals surface area contributed by atoms with Crippen molar-refractivity contribution in [1.29, 1.82) is 0 Å². The number of carbonyl (C=O) groups excluding carboxylic acids is 1. The van der Waals surface area contributed by atoms with Gasteiger partial charge in [-0.1, -0.05) is 18.6 Å². The van der Waals surface area contributed by atoms with Crippen molar-refractivity contribution in [2.24, 2.45) is 5.73 Å². The third kappa shape index (κ3) is 5.12. The van der Waals surface area contributed by atoms with Crippen LogP contribution >= 0.6 is 12.4 Å². The van der Waals surface area contributed by atoms with E-state index in [0.29, 0.717) is 0 Å². The molecular formula is C15H24ClN3O. The highest BCUT2D eigenvalue weighted by molar-refractivity contribution is 5.94. The number of nitrogens with one attached hydrogen (secondary N) is 1. The van der Waals surface area contributed by atoms with Gasteiger partial charge in [-0.05, 0) is 50.6 Å². The lowest BCUT2D eigenvalue weighted by Crippen LogP contribution is -2.32. The second kappa shape index (κ2) is 8.25. The van der Waals surface area contributed by atoms with Crippen molar-refractivity contribution in [3.8, 4) is 0 Å². The van der Waals surface area contributed by atoms with E-state index in [1.165, 1.54) is 37.9 Å². The second-order valence-corrected chi connectivity index (χ2v) is 5.32. The van der Waals surface area contributed by atoms with E-state index >= 15 is 0 Å². The van der Waals surface area contributed by atoms with Crippen LogP contribution < -0.4 is 11.1 Å². The van der Waals surface area contributed by atoms with E-state index in [2.05, 4.69) is 16.3 Å². The van der Waals surface area contributed by atoms with Crippen molar-refractivity contribution >= 4 is 24.0 Å². The van der Waals surface area contributed by atoms with Gasteiger partial charge in [-0.25, -0.2) is 0 Å². The minimum atomic E-state index is -0.481. The molecular weight excluding hydrogens is 274 g/mol. The molecule has 1 aromatic rings. The fraction of sp³-hybridized carbons (Fsp3) is 0.533. The summed E-state index contributed by atoms with van der Waals surface area (Å²) in [5.41, 5.74) is 7.62. The molecule has 0 bridgehead atoms. The van der Waals surface area contributed by atoms with E-state index in [1.54, 1.807) is 6.92 Å². The fourth-order valence-electron chi connectivity index (χ4n) is 2.38. The van der Waals surface area contributed by atoms with E-state index in [0.717, 1.165) is 12.2 Å². The number of halogens is 1. The van der Waals surface area contributed by atoms with Gasteiger partial charge in [-0.3, -0.25) is 9.69 Å². The lowest BCUT2D eigenvalue weighted by atomic mass is 10.1. The topological polar surface area (TPSA) is 58.4 Å². The Kier molecular flexibility index (Phi) is 6.99. The smallest absolute Gasteiger partial charge is 0.240 e. The van der Waals surface area contributed by atoms with Crippen LogP contribution in [0.2, 0.25) is 0 Å². The number of carbonyl (C=O) groups is 1. The Morgan fingerprint density at radius 2 is 2.05 bits per heavy atom. The van der Waals surface area contributed by atoms with Gasteiger partial charge in [-0.15, -0.1) is 12.4 Å². The SMILES string of the molecule is CC(N)C(=O)Nc1cccc(CN2CCCCC2)c1.Cl. The van der Waals surface area contributed by atoms with Gasteiger partial charge >= 0.3 is 0 Å². The molecule has 0 aliphatic carbocycles. The molecule has 112 valence electrons. The molecule has 1 saturated heterocycles. The van der Waals surface area contributed by atoms with Crippen LogP contribution in [-0.4, -0.2) is 29.9 Å². The van der Waals surface area contributed by atoms with E-state index in [4.69, 9.17) is 5.73 Å². The Balaban J connectivity index is 0.00000200. The zero-order valence-electron chi connectivity index (χ0n) is 12.0. The normalized spacial score (nSPS) is 17.1. The molecule has 1 unspecified atom stereocenters. The summed E-state index contributed by atoms with van der Waals surface area (Å²) in [7, 11) is 0. The van der Waals surface area contributed by atoms with Crippen LogP contribution in [-0.2, 0) is 11.3 Å². The van der Waals surface area contributed by atoms with Crippen molar-refractivity contribution in [2.75, 3.05) is 18.4 Å². The summed E-state index contributed by atoms with van der Waals surface area (Å²) >= 11 is 0. The predicted octanol–water partition coefficient (Wildman–Crippen LogP) is 2.38. The number of piperidine rings is 1. The maximum absolute atomic E-state index is 11.6. The first kappa shape index (κ1) is 17.0. The predicted molar refractivity (Wildman–Crippen MR) is 85.1 cm³/mol. The quantitative estimate of drug-likeness (QED) is 0.897. The van der Waals surface area contributed by atoms with Crippen LogP contribution in [0.1, 0.15) is 31.7 Å². The Bertz CT molecular complexity index is 431. The highest BCUT2D eigenvalue weighted by atomic mass is 35.5. The highest BCUT2D eigenvalue weighted by Crippen LogP contribution is 2.16. The summed E-state index contributed by atoms with van der Waals surface area (Å²) in [6, 6.07) is 7.55. The fourth-order valence-corrected chi connectivity index (χ4v) is 2.38. The molecule has 0 saturated carbocycles. The van der Waals surface area contributed by atoms with Crippen molar-refractivity contribution in [3.63, 3.8) is 0 Å². The van der Waals surface area contributed by atoms with Gasteiger partial charge in [0.15, 0.2) is 0 Å². The molecule has 0 aromatic heterocycles. The Morgan fingerprint density at radius 3 is 2.70 bits per heavy atom. The van der Waals surface area contributed by atoms with E-state index in [9.17, 15) is 4.79 Å². The number of nitrogens with two attached hydrogens (primary N) is 1. The number of nitrogens with zero attached hydrogens (tertiary/aromatic N) is 1. The summed E-state index contributed by atoms with van der Waals surface area (Å²) in [6.45, 7) is 5.00. The molecule has 1 heterocycles. The van der Waals surface area contributed by atoms with Crippen molar-refractivity contribution in [3.05, 3.63) is 29.8 Å². The zero-order chi connectivity index (χ0) is 13.7. The number of rotatable bonds is 4. The van der Waals surface area contributed by atoms with Crippen LogP contribution in [0.25, 0.3) is 0 Å². The third-order valence-electron chi connectivity index (χ3n) is 3.46. The summed E-state index contributed by atoms with van der Waals surface area (Å²) in [5.74, 6) is -0.143. The number of hydrogen-bond acceptors (Lipinski definition) is 3. The first-order valence-corrected chi connectivity index (χ1v) is 7.03. The number of hydrogen-bond donors (Lipinski definition) is 2. The number of benzene rings is 1. The van der Waals surface area contributed by atoms with Crippen molar-refractivity contribution < 1.29 is 4.79 Å². The average Bonchev–Trinajstić information content (AvgIpc) is 2.40. The lowest BCUT2D eigenvalue weighted by Gasteiger charge is -2.26. The van der Waals surface area contributed by atoms with Crippen LogP contribution in [0.5, 0.6) is 0 Å². The Labute approximate surface area is 127 Å². The Hall–Kier alpha value is -1.10. The monoisotopic (exact) mass is 297 g/mol. The molecule has 0 spiro atoms. The molecule has 0 radical (unpaired) electrons. The maximum Gasteiger partial charge on any atom is 0.240 e. The minimum absolute atomic E-state index is 0. The molecule has 1 aromatic carbocycles. The van der Waals surface area contributed by atoms with Crippen LogP contribution in [0.4, 0.5) is 5.69 Å². The first-order valence-electron chi connectivity index (χ1n) is 7.03. The van der Waals surface area contributed by atoms with Crippen LogP contribution in [0, 0.1) is 0 Å². The molecule has 3 N–H and O–H groups in total. The van der Waals surface area contributed by atoms with Crippen LogP contribution in [0.15, 0.2) is 24.3 Å². The van der Waals surface area contributed by atoms with Crippen molar-refractivity contribution in [1.82, 2.24) is 4.90 Å². The molecule has 1 amide bonds. The minimum Gasteiger partial charge on any atom is -0.325 e. The molecule has 2 rings (SSSR count). The Morgan fingerprint density at radius 1 is 1.35 bits per heavy atom. The van der Waals surface area contributed by atoms with Gasteiger partial charge in [0.1, 0.15) is 0 Å². The standard InChI is InChI=1S/C15H23N3O.ClH/c1-12(16)15(19)17-14-7-5-6-13(10-14)11-18-8-3-2-4-9-18;/h5-7,10,12H,2-4,8-9,11,16H2,1H3,(H,17,19);1H. The van der Waals surface area contributed by atoms with E-state index in [-0.39, 0.29) is 18.3 Å². The third-order valence-corrected chi connectivity index (χ3v) is 3.46. The van der Waals surface area contributed by atoms with Gasteiger partial charge in [0, 0.05) is 12.2 Å². The molecule has 5 heteroatoms. The maximum atomic E-state index is 11.6. The number of amides is 1. The molecule has 1 aliphatic heterocycles. The first-order chi connectivity index (χ1) is 9.15.